The third kappa shape index (κ3) is 23.8. The minimum absolute atomic E-state index is 0.290. The van der Waals surface area contributed by atoms with Gasteiger partial charge in [-0.1, -0.05) is 181 Å². The van der Waals surface area contributed by atoms with Crippen molar-refractivity contribution in [3.8, 4) is 23.0 Å². The van der Waals surface area contributed by atoms with E-state index >= 15 is 0 Å². The Kier molecular flexibility index (Phi) is 32.8. The van der Waals surface area contributed by atoms with E-state index in [4.69, 9.17) is 28.9 Å². The van der Waals surface area contributed by atoms with E-state index < -0.39 is 34.8 Å². The molecule has 0 saturated carbocycles. The van der Waals surface area contributed by atoms with E-state index in [-0.39, 0.29) is 21.7 Å². The van der Waals surface area contributed by atoms with Gasteiger partial charge in [0.1, 0.15) is 34.2 Å². The molecule has 9 heteroatoms. The van der Waals surface area contributed by atoms with Crippen LogP contribution in [0.4, 0.5) is 0 Å². The molecule has 0 aromatic heterocycles. The van der Waals surface area contributed by atoms with E-state index in [1.54, 1.807) is 6.21 Å². The monoisotopic (exact) mass is 1350 g/mol. The third-order valence-electron chi connectivity index (χ3n) is 19.5. The van der Waals surface area contributed by atoms with E-state index in [9.17, 15) is 15.3 Å². The second-order valence-corrected chi connectivity index (χ2v) is 32.1. The summed E-state index contributed by atoms with van der Waals surface area (Å²) in [4.78, 5) is 11.0. The fourth-order valence-corrected chi connectivity index (χ4v) is 12.9. The molecule has 0 spiro atoms. The Bertz CT molecular complexity index is 3180. The maximum Gasteiger partial charge on any atom is 0.144 e. The van der Waals surface area contributed by atoms with Crippen LogP contribution >= 0.6 is 0 Å². The zero-order chi connectivity index (χ0) is 73.1. The molecule has 0 aliphatic heterocycles. The van der Waals surface area contributed by atoms with E-state index in [0.29, 0.717) is 77.3 Å². The zero-order valence-electron chi connectivity index (χ0n) is 64.6. The lowest BCUT2D eigenvalue weighted by Crippen LogP contribution is -2.42. The Morgan fingerprint density at radius 2 is 0.768 bits per heavy atom. The maximum atomic E-state index is 14.6. The van der Waals surface area contributed by atoms with Crippen LogP contribution < -0.4 is 18.9 Å². The molecule has 99 heavy (non-hydrogen) atoms. The largest absolute Gasteiger partial charge is 0.493 e. The summed E-state index contributed by atoms with van der Waals surface area (Å²) in [5.41, 5.74) is 1.86. The fraction of sp³-hybridized carbons (Fsp3) is 0.556. The van der Waals surface area contributed by atoms with Gasteiger partial charge in [-0.3, -0.25) is 9.98 Å². The van der Waals surface area contributed by atoms with Crippen molar-refractivity contribution < 1.29 is 34.3 Å². The first-order valence-electron chi connectivity index (χ1n) is 37.7. The summed E-state index contributed by atoms with van der Waals surface area (Å²) >= 11 is 0. The van der Waals surface area contributed by atoms with Crippen molar-refractivity contribution in [1.29, 1.82) is 0 Å². The van der Waals surface area contributed by atoms with E-state index in [0.717, 1.165) is 156 Å². The number of aliphatic hydroxyl groups is 3. The molecule has 4 atom stereocenters. The molecule has 0 amide bonds. The van der Waals surface area contributed by atoms with Crippen LogP contribution in [0.3, 0.4) is 0 Å². The van der Waals surface area contributed by atoms with Crippen molar-refractivity contribution in [3.63, 3.8) is 0 Å². The molecule has 0 heterocycles. The number of hydrogen-bond acceptors (Lipinski definition) is 9. The summed E-state index contributed by atoms with van der Waals surface area (Å²) in [6.45, 7) is 52.0. The van der Waals surface area contributed by atoms with Gasteiger partial charge in [0, 0.05) is 40.3 Å². The molecule has 3 N–H and O–H groups in total. The Labute approximate surface area is 601 Å². The van der Waals surface area contributed by atoms with Crippen molar-refractivity contribution in [2.75, 3.05) is 26.4 Å². The highest BCUT2D eigenvalue weighted by molar-refractivity contribution is 5.87. The molecule has 0 saturated heterocycles. The number of hydrogen-bond donors (Lipinski definition) is 3. The lowest BCUT2D eigenvalue weighted by atomic mass is 9.73. The first-order chi connectivity index (χ1) is 46.9. The summed E-state index contributed by atoms with van der Waals surface area (Å²) in [5, 5.41) is 42.7. The van der Waals surface area contributed by atoms with E-state index in [2.05, 4.69) is 183 Å². The molecular formula is C90H132N2O7. The number of allylic oxidation sites excluding steroid dienone is 7. The Morgan fingerprint density at radius 3 is 1.07 bits per heavy atom. The van der Waals surface area contributed by atoms with Crippen LogP contribution in [0.25, 0.3) is 0 Å². The number of aliphatic imine (C=N–C) groups is 2. The van der Waals surface area contributed by atoms with Gasteiger partial charge in [0.05, 0.1) is 50.0 Å². The molecule has 5 rings (SSSR count). The summed E-state index contributed by atoms with van der Waals surface area (Å²) in [5.74, 6) is 2.31. The highest BCUT2D eigenvalue weighted by Crippen LogP contribution is 2.49. The van der Waals surface area contributed by atoms with E-state index in [1.165, 1.54) is 0 Å². The van der Waals surface area contributed by atoms with Gasteiger partial charge in [0.25, 0.3) is 0 Å². The number of unbranched alkanes of at least 4 members (excludes halogenated alkanes) is 15. The predicted molar refractivity (Wildman–Crippen MR) is 423 cm³/mol. The van der Waals surface area contributed by atoms with Gasteiger partial charge < -0.3 is 34.3 Å². The van der Waals surface area contributed by atoms with Crippen molar-refractivity contribution in [2.45, 2.75) is 290 Å². The quantitative estimate of drug-likeness (QED) is 0.0229. The number of nitrogens with zero attached hydrogens (tertiary/aromatic N) is 2. The Hall–Kier alpha value is -6.52. The van der Waals surface area contributed by atoms with Gasteiger partial charge in [0.2, 0.25) is 0 Å². The second kappa shape index (κ2) is 39.1. The summed E-state index contributed by atoms with van der Waals surface area (Å²) in [6.07, 6.45) is 37.6. The molecule has 0 fully saturated rings. The van der Waals surface area contributed by atoms with Crippen molar-refractivity contribution in [3.05, 3.63) is 203 Å². The van der Waals surface area contributed by atoms with Gasteiger partial charge in [-0.25, -0.2) is 0 Å². The van der Waals surface area contributed by atoms with Crippen molar-refractivity contribution >= 4 is 12.4 Å². The Balaban J connectivity index is 1.81. The topological polar surface area (TPSA) is 122 Å². The lowest BCUT2D eigenvalue weighted by Gasteiger charge is -2.39. The first-order valence-corrected chi connectivity index (χ1v) is 37.7. The molecule has 0 bridgehead atoms. The summed E-state index contributed by atoms with van der Waals surface area (Å²) in [6, 6.07) is 23.2. The van der Waals surface area contributed by atoms with Crippen LogP contribution in [-0.4, -0.2) is 72.4 Å². The van der Waals surface area contributed by atoms with Gasteiger partial charge in [0.15, 0.2) is 0 Å². The van der Waals surface area contributed by atoms with Crippen molar-refractivity contribution in [2.24, 2.45) is 15.4 Å². The molecular weight excluding hydrogens is 1220 g/mol. The minimum atomic E-state index is -1.85. The maximum absolute atomic E-state index is 14.6. The molecule has 1 aliphatic rings. The average molecular weight is 1350 g/mol. The highest BCUT2D eigenvalue weighted by Gasteiger charge is 2.47. The van der Waals surface area contributed by atoms with Gasteiger partial charge in [-0.15, -0.1) is 26.3 Å². The molecule has 9 nitrogen and oxygen atoms in total. The molecule has 544 valence electrons. The van der Waals surface area contributed by atoms with Crippen LogP contribution in [0.1, 0.15) is 284 Å². The first kappa shape index (κ1) is 83.1. The summed E-state index contributed by atoms with van der Waals surface area (Å²) < 4.78 is 27.4. The van der Waals surface area contributed by atoms with E-state index in [1.807, 2.05) is 81.6 Å². The zero-order valence-corrected chi connectivity index (χ0v) is 64.6. The fourth-order valence-electron chi connectivity index (χ4n) is 12.9. The SMILES string of the molecule is C=CCCCCCOc1ccc(C(C)(C)C)cc1C(O)(c1cc(C(C)(C)C)ccc1OCCCCCC=C)[C@@H](C)N=CC1=CC(C)=CC(C=CCCCCC)(C=N[C@H](C)C(O)(c2cc(C(C)(C)C)ccc2OCCCCCC=C)c2cc(C(C)(C)C)ccc2OCCCCCC=C)C1O. The molecule has 1 aliphatic carbocycles. The Morgan fingerprint density at radius 1 is 0.455 bits per heavy atom. The molecule has 4 aromatic carbocycles. The number of aliphatic hydroxyl groups excluding tert-OH is 1. The summed E-state index contributed by atoms with van der Waals surface area (Å²) in [7, 11) is 0. The smallest absolute Gasteiger partial charge is 0.144 e. The van der Waals surface area contributed by atoms with Crippen LogP contribution in [0.5, 0.6) is 23.0 Å². The van der Waals surface area contributed by atoms with Gasteiger partial charge >= 0.3 is 0 Å². The molecule has 4 aromatic rings. The van der Waals surface area contributed by atoms with Crippen LogP contribution in [-0.2, 0) is 32.9 Å². The molecule has 2 unspecified atom stereocenters. The highest BCUT2D eigenvalue weighted by atomic mass is 16.5. The number of rotatable bonds is 43. The van der Waals surface area contributed by atoms with Gasteiger partial charge in [-0.05, 0) is 229 Å². The third-order valence-corrected chi connectivity index (χ3v) is 19.5. The second-order valence-electron chi connectivity index (χ2n) is 32.1. The lowest BCUT2D eigenvalue weighted by molar-refractivity contribution is 0.0514. The van der Waals surface area contributed by atoms with Crippen LogP contribution in [0, 0.1) is 5.41 Å². The molecule has 0 radical (unpaired) electrons. The average Bonchev–Trinajstić information content (AvgIpc) is 0.747. The standard InChI is InChI=1S/C90H132N2O7/c1-21-26-31-36-41-54-88(66-92-69(8)90(95,77-62-73(86(15,16)17)48-52-81(77)98-57-44-39-34-29-24-4)78-63-74(87(18,19)20)49-53-82(78)99-58-45-40-35-30-25-5)64-67(6)59-70(83(88)93)65-91-68(7)89(94,75-60-71(84(9,10)11)46-50-79(75)96-55-42-37-32-27-22-2)76-61-72(85(12,13)14)47-51-80(76)97-56-43-38-33-28-23-3/h22-25,41,46-54,59-66,68-69,83,93-95H,2-5,21,26-40,42-45,55-58H2,1,6-20H3/t68-,69-,83?,88?/m1/s1. The van der Waals surface area contributed by atoms with Crippen LogP contribution in [0.2, 0.25) is 0 Å². The normalized spacial score (nSPS) is 16.4. The minimum Gasteiger partial charge on any atom is -0.493 e. The van der Waals surface area contributed by atoms with Crippen molar-refractivity contribution in [1.82, 2.24) is 0 Å². The van der Waals surface area contributed by atoms with Gasteiger partial charge in [-0.2, -0.15) is 0 Å². The number of ether oxygens (including phenoxy) is 4. The number of benzene rings is 4. The predicted octanol–water partition coefficient (Wildman–Crippen LogP) is 22.8. The van der Waals surface area contributed by atoms with Crippen LogP contribution in [0.15, 0.2) is 169 Å².